The molecule has 0 bridgehead atoms. The quantitative estimate of drug-likeness (QED) is 0.567. The molecule has 1 aliphatic rings. The number of rotatable bonds is 9. The smallest absolute Gasteiger partial charge is 0.319 e. The molecule has 0 saturated carbocycles. The summed E-state index contributed by atoms with van der Waals surface area (Å²) >= 11 is 0. The highest BCUT2D eigenvalue weighted by molar-refractivity contribution is 7.89. The monoisotopic (exact) mass is 486 g/mol. The van der Waals surface area contributed by atoms with Crippen molar-refractivity contribution < 1.29 is 18.0 Å². The second-order valence-corrected chi connectivity index (χ2v) is 10.3. The Labute approximate surface area is 202 Å². The molecule has 0 unspecified atom stereocenters. The maximum absolute atomic E-state index is 12.7. The van der Waals surface area contributed by atoms with Crippen LogP contribution in [0.1, 0.15) is 38.7 Å². The molecule has 184 valence electrons. The molecule has 0 aromatic heterocycles. The Morgan fingerprint density at radius 3 is 2.18 bits per heavy atom. The first-order valence-corrected chi connectivity index (χ1v) is 13.3. The van der Waals surface area contributed by atoms with Crippen molar-refractivity contribution in [2.24, 2.45) is 0 Å². The molecule has 2 aromatic rings. The van der Waals surface area contributed by atoms with Gasteiger partial charge in [-0.05, 0) is 49.1 Å². The van der Waals surface area contributed by atoms with Crippen LogP contribution < -0.4 is 10.6 Å². The lowest BCUT2D eigenvalue weighted by Crippen LogP contribution is -2.47. The van der Waals surface area contributed by atoms with Crippen molar-refractivity contribution in [1.29, 1.82) is 0 Å². The third-order valence-electron chi connectivity index (χ3n) is 6.11. The van der Waals surface area contributed by atoms with Crippen LogP contribution in [0, 0.1) is 0 Å². The van der Waals surface area contributed by atoms with Gasteiger partial charge in [0.25, 0.3) is 0 Å². The van der Waals surface area contributed by atoms with Crippen LogP contribution in [0.2, 0.25) is 0 Å². The van der Waals surface area contributed by atoms with E-state index in [4.69, 9.17) is 0 Å². The number of carbonyl (C=O) groups excluding carboxylic acids is 2. The summed E-state index contributed by atoms with van der Waals surface area (Å²) in [5.41, 5.74) is 1.67. The molecule has 1 saturated heterocycles. The zero-order chi connectivity index (χ0) is 24.6. The standard InChI is InChI=1S/C25H34N4O4S/c1-3-29(4-2)34(32,33)23-13-10-20(11-14-23)12-15-24(30)28-18-16-22(17-19-28)27-25(31)26-21-8-6-5-7-9-21/h5-11,13-14,22H,3-4,12,15-19H2,1-2H3,(H2,26,27,31). The van der Waals surface area contributed by atoms with Crippen LogP contribution in [-0.2, 0) is 21.2 Å². The zero-order valence-electron chi connectivity index (χ0n) is 19.9. The number of benzene rings is 2. The lowest BCUT2D eigenvalue weighted by Gasteiger charge is -2.32. The number of carbonyl (C=O) groups is 2. The number of nitrogens with zero attached hydrogens (tertiary/aromatic N) is 2. The van der Waals surface area contributed by atoms with Crippen LogP contribution in [0.4, 0.5) is 10.5 Å². The number of urea groups is 1. The molecule has 1 heterocycles. The minimum absolute atomic E-state index is 0.0352. The molecule has 0 atom stereocenters. The third kappa shape index (κ3) is 6.80. The van der Waals surface area contributed by atoms with Crippen molar-refractivity contribution >= 4 is 27.6 Å². The van der Waals surface area contributed by atoms with Crippen molar-refractivity contribution in [2.75, 3.05) is 31.5 Å². The lowest BCUT2D eigenvalue weighted by molar-refractivity contribution is -0.132. The number of likely N-dealkylation sites (tertiary alicyclic amines) is 1. The van der Waals surface area contributed by atoms with E-state index in [2.05, 4.69) is 10.6 Å². The van der Waals surface area contributed by atoms with Crippen LogP contribution >= 0.6 is 0 Å². The fourth-order valence-corrected chi connectivity index (χ4v) is 5.56. The number of anilines is 1. The molecule has 1 fully saturated rings. The van der Waals surface area contributed by atoms with Crippen LogP contribution in [0.3, 0.4) is 0 Å². The average Bonchev–Trinajstić information content (AvgIpc) is 2.84. The summed E-state index contributed by atoms with van der Waals surface area (Å²) in [6, 6.07) is 15.9. The highest BCUT2D eigenvalue weighted by Gasteiger charge is 2.24. The van der Waals surface area contributed by atoms with Gasteiger partial charge in [-0.1, -0.05) is 44.2 Å². The van der Waals surface area contributed by atoms with Gasteiger partial charge in [0.15, 0.2) is 0 Å². The van der Waals surface area contributed by atoms with E-state index in [1.54, 1.807) is 24.3 Å². The summed E-state index contributed by atoms with van der Waals surface area (Å²) in [5, 5.41) is 5.79. The highest BCUT2D eigenvalue weighted by atomic mass is 32.2. The Morgan fingerprint density at radius 2 is 1.59 bits per heavy atom. The first-order valence-electron chi connectivity index (χ1n) is 11.8. The second kappa shape index (κ2) is 12.0. The summed E-state index contributed by atoms with van der Waals surface area (Å²) in [7, 11) is -3.47. The van der Waals surface area contributed by atoms with Crippen molar-refractivity contribution in [3.63, 3.8) is 0 Å². The van der Waals surface area contributed by atoms with Gasteiger partial charge in [0.2, 0.25) is 15.9 Å². The lowest BCUT2D eigenvalue weighted by atomic mass is 10.0. The van der Waals surface area contributed by atoms with Crippen molar-refractivity contribution in [3.8, 4) is 0 Å². The van der Waals surface area contributed by atoms with Gasteiger partial charge in [-0.3, -0.25) is 4.79 Å². The molecular weight excluding hydrogens is 452 g/mol. The van der Waals surface area contributed by atoms with E-state index < -0.39 is 10.0 Å². The Morgan fingerprint density at radius 1 is 0.971 bits per heavy atom. The number of para-hydroxylation sites is 1. The Bertz CT molecular complexity index is 1050. The van der Waals surface area contributed by atoms with Crippen molar-refractivity contribution in [3.05, 3.63) is 60.2 Å². The molecule has 3 amide bonds. The number of aryl methyl sites for hydroxylation is 1. The van der Waals surface area contributed by atoms with Gasteiger partial charge >= 0.3 is 6.03 Å². The molecule has 3 rings (SSSR count). The summed E-state index contributed by atoms with van der Waals surface area (Å²) < 4.78 is 26.6. The van der Waals surface area contributed by atoms with Gasteiger partial charge in [0.05, 0.1) is 4.90 Å². The normalized spacial score (nSPS) is 14.7. The molecule has 2 N–H and O–H groups in total. The van der Waals surface area contributed by atoms with E-state index >= 15 is 0 Å². The van der Waals surface area contributed by atoms with Crippen LogP contribution in [0.25, 0.3) is 0 Å². The summed E-state index contributed by atoms with van der Waals surface area (Å²) in [5.74, 6) is 0.0760. The third-order valence-corrected chi connectivity index (χ3v) is 8.17. The van der Waals surface area contributed by atoms with Gasteiger partial charge in [0.1, 0.15) is 0 Å². The number of hydrogen-bond donors (Lipinski definition) is 2. The van der Waals surface area contributed by atoms with Crippen molar-refractivity contribution in [1.82, 2.24) is 14.5 Å². The van der Waals surface area contributed by atoms with Crippen LogP contribution in [0.15, 0.2) is 59.5 Å². The van der Waals surface area contributed by atoms with E-state index in [0.717, 1.165) is 11.3 Å². The number of hydrogen-bond acceptors (Lipinski definition) is 4. The Balaban J connectivity index is 1.42. The predicted octanol–water partition coefficient (Wildman–Crippen LogP) is 3.46. The van der Waals surface area contributed by atoms with Gasteiger partial charge in [0, 0.05) is 44.3 Å². The van der Waals surface area contributed by atoms with Gasteiger partial charge in [-0.25, -0.2) is 13.2 Å². The largest absolute Gasteiger partial charge is 0.343 e. The average molecular weight is 487 g/mol. The molecule has 34 heavy (non-hydrogen) atoms. The van der Waals surface area contributed by atoms with E-state index in [9.17, 15) is 18.0 Å². The SMILES string of the molecule is CCN(CC)S(=O)(=O)c1ccc(CCC(=O)N2CCC(NC(=O)Nc3ccccc3)CC2)cc1. The van der Waals surface area contributed by atoms with E-state index in [1.165, 1.54) is 4.31 Å². The summed E-state index contributed by atoms with van der Waals surface area (Å²) in [6.07, 6.45) is 2.36. The Hall–Kier alpha value is -2.91. The minimum Gasteiger partial charge on any atom is -0.343 e. The van der Waals surface area contributed by atoms with E-state index in [1.807, 2.05) is 49.1 Å². The topological polar surface area (TPSA) is 98.8 Å². The maximum atomic E-state index is 12.7. The number of sulfonamides is 1. The molecule has 0 spiro atoms. The number of piperidine rings is 1. The molecule has 1 aliphatic heterocycles. The predicted molar refractivity (Wildman–Crippen MR) is 133 cm³/mol. The molecule has 0 radical (unpaired) electrons. The summed E-state index contributed by atoms with van der Waals surface area (Å²) in [4.78, 5) is 26.9. The molecule has 2 aromatic carbocycles. The summed E-state index contributed by atoms with van der Waals surface area (Å²) in [6.45, 7) is 5.71. The number of nitrogens with one attached hydrogen (secondary N) is 2. The molecule has 0 aliphatic carbocycles. The first-order chi connectivity index (χ1) is 16.3. The molecular formula is C25H34N4O4S. The Kier molecular flexibility index (Phi) is 9.06. The van der Waals surface area contributed by atoms with Gasteiger partial charge in [-0.15, -0.1) is 0 Å². The maximum Gasteiger partial charge on any atom is 0.319 e. The minimum atomic E-state index is -3.47. The fourth-order valence-electron chi connectivity index (χ4n) is 4.10. The van der Waals surface area contributed by atoms with Crippen molar-refractivity contribution in [2.45, 2.75) is 50.5 Å². The van der Waals surface area contributed by atoms with E-state index in [-0.39, 0.29) is 22.9 Å². The van der Waals surface area contributed by atoms with Gasteiger partial charge in [-0.2, -0.15) is 4.31 Å². The molecule has 8 nitrogen and oxygen atoms in total. The van der Waals surface area contributed by atoms with Crippen LogP contribution in [-0.4, -0.2) is 61.8 Å². The van der Waals surface area contributed by atoms with E-state index in [0.29, 0.717) is 51.9 Å². The number of amides is 3. The highest BCUT2D eigenvalue weighted by Crippen LogP contribution is 2.18. The second-order valence-electron chi connectivity index (χ2n) is 8.35. The zero-order valence-corrected chi connectivity index (χ0v) is 20.7. The van der Waals surface area contributed by atoms with Gasteiger partial charge < -0.3 is 15.5 Å². The fraction of sp³-hybridized carbons (Fsp3) is 0.440. The molecule has 9 heteroatoms. The van der Waals surface area contributed by atoms with Crippen LogP contribution in [0.5, 0.6) is 0 Å². The first kappa shape index (κ1) is 25.7.